The van der Waals surface area contributed by atoms with E-state index in [1.165, 1.54) is 0 Å². The lowest BCUT2D eigenvalue weighted by molar-refractivity contribution is -0.159. The van der Waals surface area contributed by atoms with Crippen molar-refractivity contribution < 1.29 is 14.0 Å². The molecule has 0 amide bonds. The van der Waals surface area contributed by atoms with Crippen molar-refractivity contribution in [3.05, 3.63) is 41.7 Å². The molecule has 1 atom stereocenters. The number of ketones is 1. The maximum absolute atomic E-state index is 12.4. The Morgan fingerprint density at radius 2 is 1.83 bits per heavy atom. The van der Waals surface area contributed by atoms with E-state index in [-0.39, 0.29) is 10.8 Å². The summed E-state index contributed by atoms with van der Waals surface area (Å²) < 4.78 is 11.9. The Balaban J connectivity index is 1.91. The summed E-state index contributed by atoms with van der Waals surface area (Å²) in [5.74, 6) is 0.520. The van der Waals surface area contributed by atoms with Crippen molar-refractivity contribution in [3.63, 3.8) is 0 Å². The third-order valence-electron chi connectivity index (χ3n) is 4.98. The number of hydrogen-bond donors (Lipinski definition) is 0. The van der Waals surface area contributed by atoms with Crippen LogP contribution < -0.4 is 0 Å². The summed E-state index contributed by atoms with van der Waals surface area (Å²) in [6.07, 6.45) is 2.41. The highest BCUT2D eigenvalue weighted by atomic mass is 28.4. The van der Waals surface area contributed by atoms with Gasteiger partial charge < -0.3 is 9.16 Å². The number of ether oxygens (including phenoxy) is 1. The topological polar surface area (TPSA) is 35.5 Å². The van der Waals surface area contributed by atoms with Crippen LogP contribution in [0.2, 0.25) is 18.1 Å². The van der Waals surface area contributed by atoms with Gasteiger partial charge in [0, 0.05) is 13.0 Å². The standard InChI is InChI=1S/C19H28O3Si/c1-18(2,3)23(5,6)21-13-12-19(4)17(20)16(22-19)14-15-10-8-7-9-11-15/h7-11,14H,12-13H2,1-6H3/b16-14-. The summed E-state index contributed by atoms with van der Waals surface area (Å²) >= 11 is 0. The molecule has 1 aliphatic heterocycles. The fraction of sp³-hybridized carbons (Fsp3) is 0.526. The molecule has 0 aliphatic carbocycles. The number of hydrogen-bond acceptors (Lipinski definition) is 3. The number of carbonyl (C=O) groups is 1. The van der Waals surface area contributed by atoms with Gasteiger partial charge in [-0.25, -0.2) is 0 Å². The van der Waals surface area contributed by atoms with Gasteiger partial charge in [0.1, 0.15) is 0 Å². The van der Waals surface area contributed by atoms with Crippen LogP contribution in [0.4, 0.5) is 0 Å². The molecule has 0 N–H and O–H groups in total. The Bertz CT molecular complexity index is 599. The van der Waals surface area contributed by atoms with Gasteiger partial charge in [-0.3, -0.25) is 4.79 Å². The van der Waals surface area contributed by atoms with Gasteiger partial charge in [0.05, 0.1) is 0 Å². The van der Waals surface area contributed by atoms with E-state index in [9.17, 15) is 4.79 Å². The molecular formula is C19H28O3Si. The number of benzene rings is 1. The van der Waals surface area contributed by atoms with E-state index in [2.05, 4.69) is 33.9 Å². The first kappa shape index (κ1) is 18.0. The van der Waals surface area contributed by atoms with Gasteiger partial charge in [0.2, 0.25) is 5.78 Å². The highest BCUT2D eigenvalue weighted by Crippen LogP contribution is 2.39. The van der Waals surface area contributed by atoms with Gasteiger partial charge in [0.15, 0.2) is 19.7 Å². The van der Waals surface area contributed by atoms with Crippen LogP contribution in [0.5, 0.6) is 0 Å². The molecule has 0 radical (unpaired) electrons. The van der Waals surface area contributed by atoms with E-state index in [0.717, 1.165) is 5.56 Å². The average Bonchev–Trinajstić information content (AvgIpc) is 2.46. The van der Waals surface area contributed by atoms with Crippen LogP contribution in [0.15, 0.2) is 36.1 Å². The zero-order valence-electron chi connectivity index (χ0n) is 15.1. The van der Waals surface area contributed by atoms with Gasteiger partial charge >= 0.3 is 0 Å². The summed E-state index contributed by atoms with van der Waals surface area (Å²) in [5.41, 5.74) is 0.249. The fourth-order valence-corrected chi connectivity index (χ4v) is 3.27. The van der Waals surface area contributed by atoms with E-state index in [1.807, 2.05) is 37.3 Å². The highest BCUT2D eigenvalue weighted by molar-refractivity contribution is 6.74. The summed E-state index contributed by atoms with van der Waals surface area (Å²) in [5, 5.41) is 0.177. The van der Waals surface area contributed by atoms with E-state index in [4.69, 9.17) is 9.16 Å². The zero-order valence-corrected chi connectivity index (χ0v) is 16.1. The third kappa shape index (κ3) is 3.93. The second-order valence-electron chi connectivity index (χ2n) is 7.94. The van der Waals surface area contributed by atoms with E-state index < -0.39 is 13.9 Å². The van der Waals surface area contributed by atoms with Crippen LogP contribution in [-0.2, 0) is 14.0 Å². The highest BCUT2D eigenvalue weighted by Gasteiger charge is 2.49. The monoisotopic (exact) mass is 332 g/mol. The van der Waals surface area contributed by atoms with Gasteiger partial charge in [0.25, 0.3) is 0 Å². The van der Waals surface area contributed by atoms with Crippen molar-refractivity contribution in [2.45, 2.75) is 57.8 Å². The Morgan fingerprint density at radius 1 is 1.22 bits per heavy atom. The first-order valence-corrected chi connectivity index (χ1v) is 11.1. The lowest BCUT2D eigenvalue weighted by Crippen LogP contribution is -2.51. The molecule has 23 heavy (non-hydrogen) atoms. The molecule has 126 valence electrons. The quantitative estimate of drug-likeness (QED) is 0.574. The molecule has 2 rings (SSSR count). The predicted octanol–water partition coefficient (Wildman–Crippen LogP) is 4.80. The fourth-order valence-electron chi connectivity index (χ4n) is 2.23. The Hall–Kier alpha value is -1.39. The summed E-state index contributed by atoms with van der Waals surface area (Å²) in [4.78, 5) is 12.4. The number of Topliss-reactive ketones (excluding diaryl/α,β-unsaturated/α-hetero) is 1. The number of rotatable bonds is 5. The molecule has 1 aromatic rings. The summed E-state index contributed by atoms with van der Waals surface area (Å²) in [6.45, 7) is 13.5. The molecule has 3 nitrogen and oxygen atoms in total. The molecule has 0 saturated carbocycles. The normalized spacial score (nSPS) is 23.6. The molecule has 1 unspecified atom stereocenters. The zero-order chi connectivity index (χ0) is 17.3. The molecule has 1 fully saturated rings. The van der Waals surface area contributed by atoms with Crippen molar-refractivity contribution in [2.75, 3.05) is 6.61 Å². The first-order chi connectivity index (χ1) is 10.6. The molecule has 1 heterocycles. The maximum Gasteiger partial charge on any atom is 0.240 e. The summed E-state index contributed by atoms with van der Waals surface area (Å²) in [7, 11) is -1.77. The number of carbonyl (C=O) groups excluding carboxylic acids is 1. The van der Waals surface area contributed by atoms with Crippen LogP contribution in [-0.4, -0.2) is 26.3 Å². The van der Waals surface area contributed by atoms with E-state index in [0.29, 0.717) is 18.8 Å². The van der Waals surface area contributed by atoms with Gasteiger partial charge in [-0.05, 0) is 36.7 Å². The van der Waals surface area contributed by atoms with E-state index in [1.54, 1.807) is 6.08 Å². The smallest absolute Gasteiger partial charge is 0.240 e. The van der Waals surface area contributed by atoms with Crippen molar-refractivity contribution in [2.24, 2.45) is 0 Å². The van der Waals surface area contributed by atoms with Crippen molar-refractivity contribution in [1.29, 1.82) is 0 Å². The minimum absolute atomic E-state index is 0.0696. The maximum atomic E-state index is 12.4. The van der Waals surface area contributed by atoms with Crippen molar-refractivity contribution >= 4 is 20.2 Å². The molecule has 0 bridgehead atoms. The molecule has 1 aromatic carbocycles. The van der Waals surface area contributed by atoms with Crippen LogP contribution in [0.25, 0.3) is 6.08 Å². The Morgan fingerprint density at radius 3 is 2.35 bits per heavy atom. The molecule has 0 aromatic heterocycles. The van der Waals surface area contributed by atoms with Gasteiger partial charge in [-0.1, -0.05) is 51.1 Å². The van der Waals surface area contributed by atoms with E-state index >= 15 is 0 Å². The lowest BCUT2D eigenvalue weighted by atomic mass is 9.89. The van der Waals surface area contributed by atoms with Gasteiger partial charge in [-0.15, -0.1) is 0 Å². The molecule has 4 heteroatoms. The largest absolute Gasteiger partial charge is 0.475 e. The Labute approximate surface area is 140 Å². The van der Waals surface area contributed by atoms with Crippen LogP contribution in [0.3, 0.4) is 0 Å². The molecule has 0 spiro atoms. The van der Waals surface area contributed by atoms with Crippen LogP contribution in [0, 0.1) is 0 Å². The second-order valence-corrected chi connectivity index (χ2v) is 12.7. The minimum Gasteiger partial charge on any atom is -0.475 e. The van der Waals surface area contributed by atoms with Crippen molar-refractivity contribution in [3.8, 4) is 0 Å². The van der Waals surface area contributed by atoms with Crippen molar-refractivity contribution in [1.82, 2.24) is 0 Å². The molecular weight excluding hydrogens is 304 g/mol. The second kappa shape index (κ2) is 6.25. The predicted molar refractivity (Wildman–Crippen MR) is 96.7 cm³/mol. The van der Waals surface area contributed by atoms with Crippen LogP contribution in [0.1, 0.15) is 39.7 Å². The average molecular weight is 333 g/mol. The van der Waals surface area contributed by atoms with Gasteiger partial charge in [-0.2, -0.15) is 0 Å². The summed E-state index contributed by atoms with van der Waals surface area (Å²) in [6, 6.07) is 9.76. The SMILES string of the molecule is CC1(CCO[Si](C)(C)C(C)(C)C)O/C(=C\c2ccccc2)C1=O. The third-order valence-corrected chi connectivity index (χ3v) is 9.52. The first-order valence-electron chi connectivity index (χ1n) is 8.20. The Kier molecular flexibility index (Phi) is 4.88. The van der Waals surface area contributed by atoms with Crippen LogP contribution >= 0.6 is 0 Å². The molecule has 1 saturated heterocycles. The lowest BCUT2D eigenvalue weighted by Gasteiger charge is -2.41. The minimum atomic E-state index is -1.77. The molecule has 1 aliphatic rings.